The van der Waals surface area contributed by atoms with Crippen LogP contribution in [0.3, 0.4) is 0 Å². The molecule has 4 nitrogen and oxygen atoms in total. The summed E-state index contributed by atoms with van der Waals surface area (Å²) in [4.78, 5) is 16.7. The summed E-state index contributed by atoms with van der Waals surface area (Å²) in [6, 6.07) is 9.70. The molecule has 17 heavy (non-hydrogen) atoms. The number of hydroxylamine groups is 1. The van der Waals surface area contributed by atoms with Crippen LogP contribution in [0.5, 0.6) is 0 Å². The lowest BCUT2D eigenvalue weighted by atomic mass is 9.75. The average molecular weight is 234 g/mol. The van der Waals surface area contributed by atoms with Crippen LogP contribution in [0.25, 0.3) is 0 Å². The molecule has 4 heteroatoms. The van der Waals surface area contributed by atoms with Crippen LogP contribution in [0.1, 0.15) is 31.2 Å². The highest BCUT2D eigenvalue weighted by atomic mass is 16.6. The van der Waals surface area contributed by atoms with Gasteiger partial charge < -0.3 is 5.73 Å². The average Bonchev–Trinajstić information content (AvgIpc) is 2.28. The molecule has 3 N–H and O–H groups in total. The largest absolute Gasteiger partial charge is 0.325 e. The number of rotatable bonds is 5. The number of nitrogens with one attached hydrogen (secondary N) is 1. The molecule has 1 aliphatic rings. The molecule has 0 radical (unpaired) electrons. The monoisotopic (exact) mass is 234 g/mol. The summed E-state index contributed by atoms with van der Waals surface area (Å²) in [7, 11) is 0. The minimum Gasteiger partial charge on any atom is -0.325 e. The fourth-order valence-electron chi connectivity index (χ4n) is 1.94. The molecule has 0 bridgehead atoms. The van der Waals surface area contributed by atoms with Crippen LogP contribution in [0.4, 0.5) is 0 Å². The van der Waals surface area contributed by atoms with Gasteiger partial charge in [0.05, 0.1) is 6.61 Å². The van der Waals surface area contributed by atoms with E-state index in [1.165, 1.54) is 0 Å². The summed E-state index contributed by atoms with van der Waals surface area (Å²) >= 11 is 0. The number of carbonyl (C=O) groups is 1. The molecule has 0 saturated heterocycles. The lowest BCUT2D eigenvalue weighted by Crippen LogP contribution is -2.49. The van der Waals surface area contributed by atoms with E-state index in [1.54, 1.807) is 0 Å². The van der Waals surface area contributed by atoms with E-state index >= 15 is 0 Å². The van der Waals surface area contributed by atoms with E-state index < -0.39 is 0 Å². The van der Waals surface area contributed by atoms with Crippen LogP contribution < -0.4 is 11.2 Å². The maximum absolute atomic E-state index is 11.5. The van der Waals surface area contributed by atoms with Crippen molar-refractivity contribution in [2.24, 2.45) is 5.73 Å². The third-order valence-corrected chi connectivity index (χ3v) is 3.13. The number of nitrogens with two attached hydrogens (primary N) is 1. The number of hydrogen-bond acceptors (Lipinski definition) is 3. The second kappa shape index (κ2) is 5.29. The van der Waals surface area contributed by atoms with E-state index in [2.05, 4.69) is 5.48 Å². The van der Waals surface area contributed by atoms with Crippen molar-refractivity contribution in [1.29, 1.82) is 0 Å². The highest BCUT2D eigenvalue weighted by molar-refractivity contribution is 5.76. The molecule has 1 amide bonds. The summed E-state index contributed by atoms with van der Waals surface area (Å²) in [5.41, 5.74) is 9.14. The Morgan fingerprint density at radius 3 is 2.65 bits per heavy atom. The zero-order chi connectivity index (χ0) is 12.1. The van der Waals surface area contributed by atoms with Gasteiger partial charge in [-0.15, -0.1) is 0 Å². The lowest BCUT2D eigenvalue weighted by Gasteiger charge is -2.37. The summed E-state index contributed by atoms with van der Waals surface area (Å²) in [6.45, 7) is 0.379. The van der Waals surface area contributed by atoms with Crippen molar-refractivity contribution < 1.29 is 9.63 Å². The number of carbonyl (C=O) groups excluding carboxylic acids is 1. The SMILES string of the molecule is NC1(CC(=O)NOCc2ccccc2)CCC1. The quantitative estimate of drug-likeness (QED) is 0.759. The topological polar surface area (TPSA) is 64.4 Å². The molecule has 2 rings (SSSR count). The summed E-state index contributed by atoms with van der Waals surface area (Å²) in [6.07, 6.45) is 3.33. The van der Waals surface area contributed by atoms with Crippen LogP contribution in [0, 0.1) is 0 Å². The smallest absolute Gasteiger partial charge is 0.245 e. The van der Waals surface area contributed by atoms with Crippen molar-refractivity contribution >= 4 is 5.91 Å². The van der Waals surface area contributed by atoms with Crippen molar-refractivity contribution in [3.63, 3.8) is 0 Å². The van der Waals surface area contributed by atoms with E-state index in [0.717, 1.165) is 24.8 Å². The molecule has 0 unspecified atom stereocenters. The van der Waals surface area contributed by atoms with Gasteiger partial charge in [0.2, 0.25) is 5.91 Å². The number of hydrogen-bond donors (Lipinski definition) is 2. The Hall–Kier alpha value is -1.39. The standard InChI is InChI=1S/C13H18N2O2/c14-13(7-4-8-13)9-12(16)15-17-10-11-5-2-1-3-6-11/h1-3,5-6H,4,7-10,14H2,(H,15,16). The zero-order valence-electron chi connectivity index (χ0n) is 9.82. The van der Waals surface area contributed by atoms with Crippen LogP contribution in [0.15, 0.2) is 30.3 Å². The second-order valence-electron chi connectivity index (χ2n) is 4.69. The van der Waals surface area contributed by atoms with Crippen molar-refractivity contribution in [3.05, 3.63) is 35.9 Å². The minimum absolute atomic E-state index is 0.136. The van der Waals surface area contributed by atoms with Gasteiger partial charge in [0.25, 0.3) is 0 Å². The van der Waals surface area contributed by atoms with Crippen LogP contribution in [-0.4, -0.2) is 11.4 Å². The molecule has 0 heterocycles. The predicted octanol–water partition coefficient (Wildman–Crippen LogP) is 1.51. The third-order valence-electron chi connectivity index (χ3n) is 3.13. The number of benzene rings is 1. The second-order valence-corrected chi connectivity index (χ2v) is 4.69. The summed E-state index contributed by atoms with van der Waals surface area (Å²) in [5.74, 6) is -0.136. The van der Waals surface area contributed by atoms with Gasteiger partial charge in [-0.3, -0.25) is 9.63 Å². The zero-order valence-corrected chi connectivity index (χ0v) is 9.82. The molecule has 0 aliphatic heterocycles. The highest BCUT2D eigenvalue weighted by Crippen LogP contribution is 2.31. The first-order valence-corrected chi connectivity index (χ1v) is 5.91. The maximum Gasteiger partial charge on any atom is 0.245 e. The maximum atomic E-state index is 11.5. The molecule has 1 fully saturated rings. The van der Waals surface area contributed by atoms with Gasteiger partial charge in [-0.05, 0) is 24.8 Å². The molecule has 1 saturated carbocycles. The molecule has 1 aromatic rings. The van der Waals surface area contributed by atoms with Gasteiger partial charge in [0, 0.05) is 12.0 Å². The molecular formula is C13H18N2O2. The van der Waals surface area contributed by atoms with Crippen LogP contribution in [0.2, 0.25) is 0 Å². The van der Waals surface area contributed by atoms with Crippen molar-refractivity contribution in [2.75, 3.05) is 0 Å². The normalized spacial score (nSPS) is 17.2. The Morgan fingerprint density at radius 1 is 1.35 bits per heavy atom. The van der Waals surface area contributed by atoms with Gasteiger partial charge in [-0.2, -0.15) is 0 Å². The Balaban J connectivity index is 1.66. The highest BCUT2D eigenvalue weighted by Gasteiger charge is 2.34. The Morgan fingerprint density at radius 2 is 2.06 bits per heavy atom. The molecule has 1 aromatic carbocycles. The van der Waals surface area contributed by atoms with Crippen molar-refractivity contribution in [3.8, 4) is 0 Å². The van der Waals surface area contributed by atoms with Gasteiger partial charge in [0.1, 0.15) is 0 Å². The molecule has 92 valence electrons. The molecule has 0 aromatic heterocycles. The number of amides is 1. The van der Waals surface area contributed by atoms with E-state index in [4.69, 9.17) is 10.6 Å². The first-order valence-electron chi connectivity index (χ1n) is 5.91. The Labute approximate surface area is 101 Å². The Bertz CT molecular complexity index is 374. The molecule has 1 aliphatic carbocycles. The first kappa shape index (κ1) is 12.1. The van der Waals surface area contributed by atoms with Gasteiger partial charge in [-0.25, -0.2) is 5.48 Å². The van der Waals surface area contributed by atoms with Gasteiger partial charge in [0.15, 0.2) is 0 Å². The third kappa shape index (κ3) is 3.54. The van der Waals surface area contributed by atoms with Crippen LogP contribution in [-0.2, 0) is 16.2 Å². The van der Waals surface area contributed by atoms with E-state index in [9.17, 15) is 4.79 Å². The summed E-state index contributed by atoms with van der Waals surface area (Å²) < 4.78 is 0. The predicted molar refractivity (Wildman–Crippen MR) is 64.8 cm³/mol. The minimum atomic E-state index is -0.291. The van der Waals surface area contributed by atoms with E-state index in [1.807, 2.05) is 30.3 Å². The molecular weight excluding hydrogens is 216 g/mol. The van der Waals surface area contributed by atoms with Crippen molar-refractivity contribution in [2.45, 2.75) is 37.8 Å². The van der Waals surface area contributed by atoms with Crippen molar-refractivity contribution in [1.82, 2.24) is 5.48 Å². The fraction of sp³-hybridized carbons (Fsp3) is 0.462. The Kier molecular flexibility index (Phi) is 3.76. The van der Waals surface area contributed by atoms with E-state index in [-0.39, 0.29) is 11.4 Å². The van der Waals surface area contributed by atoms with Gasteiger partial charge in [-0.1, -0.05) is 30.3 Å². The summed E-state index contributed by atoms with van der Waals surface area (Å²) in [5, 5.41) is 0. The van der Waals surface area contributed by atoms with Crippen LogP contribution >= 0.6 is 0 Å². The fourth-order valence-corrected chi connectivity index (χ4v) is 1.94. The van der Waals surface area contributed by atoms with Gasteiger partial charge >= 0.3 is 0 Å². The molecule has 0 atom stereocenters. The molecule has 0 spiro atoms. The lowest BCUT2D eigenvalue weighted by molar-refractivity contribution is -0.136. The first-order chi connectivity index (χ1) is 8.18. The van der Waals surface area contributed by atoms with E-state index in [0.29, 0.717) is 13.0 Å².